The molecule has 1 aromatic carbocycles. The molecule has 0 bridgehead atoms. The molecule has 0 aliphatic carbocycles. The van der Waals surface area contributed by atoms with Crippen molar-refractivity contribution >= 4 is 21.6 Å². The minimum Gasteiger partial charge on any atom is -0.369 e. The molecule has 2 N–H and O–H groups in total. The summed E-state index contributed by atoms with van der Waals surface area (Å²) in [6, 6.07) is 7.28. The first-order valence-electron chi connectivity index (χ1n) is 6.80. The van der Waals surface area contributed by atoms with Crippen molar-refractivity contribution < 1.29 is 0 Å². The quantitative estimate of drug-likeness (QED) is 0.891. The number of anilines is 1. The first-order chi connectivity index (χ1) is 8.49. The van der Waals surface area contributed by atoms with E-state index >= 15 is 0 Å². The highest BCUT2D eigenvalue weighted by Crippen LogP contribution is 2.32. The lowest BCUT2D eigenvalue weighted by atomic mass is 9.94. The summed E-state index contributed by atoms with van der Waals surface area (Å²) in [5.41, 5.74) is 8.44. The van der Waals surface area contributed by atoms with Gasteiger partial charge in [0, 0.05) is 28.8 Å². The van der Waals surface area contributed by atoms with E-state index in [2.05, 4.69) is 52.9 Å². The Kier molecular flexibility index (Phi) is 4.33. The van der Waals surface area contributed by atoms with Crippen LogP contribution in [0, 0.1) is 5.92 Å². The Morgan fingerprint density at radius 3 is 2.67 bits per heavy atom. The lowest BCUT2D eigenvalue weighted by Gasteiger charge is -2.38. The van der Waals surface area contributed by atoms with Crippen molar-refractivity contribution in [1.82, 2.24) is 0 Å². The molecule has 3 heteroatoms. The molecule has 3 atom stereocenters. The molecule has 0 aromatic heterocycles. The van der Waals surface area contributed by atoms with Crippen LogP contribution in [0.25, 0.3) is 0 Å². The number of benzene rings is 1. The zero-order valence-corrected chi connectivity index (χ0v) is 13.1. The summed E-state index contributed by atoms with van der Waals surface area (Å²) >= 11 is 3.64. The summed E-state index contributed by atoms with van der Waals surface area (Å²) in [5, 5.41) is 0. The molecule has 1 aliphatic rings. The summed E-state index contributed by atoms with van der Waals surface area (Å²) in [6.45, 7) is 7.83. The van der Waals surface area contributed by atoms with E-state index in [4.69, 9.17) is 5.73 Å². The van der Waals surface area contributed by atoms with Gasteiger partial charge >= 0.3 is 0 Å². The fourth-order valence-electron chi connectivity index (χ4n) is 2.71. The van der Waals surface area contributed by atoms with Gasteiger partial charge < -0.3 is 10.6 Å². The molecule has 2 unspecified atom stereocenters. The molecule has 1 saturated heterocycles. The van der Waals surface area contributed by atoms with Crippen LogP contribution in [0.4, 0.5) is 5.69 Å². The standard InChI is InChI=1S/C15H23BrN2/c1-10-4-5-11(2)18(9-10)13-6-7-14(12(3)17)15(16)8-13/h6-8,10-12H,4-5,9,17H2,1-3H3/t10?,11?,12-/m0/s1. The van der Waals surface area contributed by atoms with Gasteiger partial charge in [-0.15, -0.1) is 0 Å². The Hall–Kier alpha value is -0.540. The Morgan fingerprint density at radius 2 is 2.06 bits per heavy atom. The molecule has 18 heavy (non-hydrogen) atoms. The van der Waals surface area contributed by atoms with Crippen LogP contribution in [0.1, 0.15) is 45.2 Å². The maximum atomic E-state index is 5.95. The van der Waals surface area contributed by atoms with Crippen LogP contribution in [0.5, 0.6) is 0 Å². The van der Waals surface area contributed by atoms with Gasteiger partial charge in [0.05, 0.1) is 0 Å². The third-order valence-electron chi connectivity index (χ3n) is 3.92. The second kappa shape index (κ2) is 5.62. The summed E-state index contributed by atoms with van der Waals surface area (Å²) in [4.78, 5) is 2.52. The number of hydrogen-bond donors (Lipinski definition) is 1. The van der Waals surface area contributed by atoms with Crippen molar-refractivity contribution in [2.75, 3.05) is 11.4 Å². The fraction of sp³-hybridized carbons (Fsp3) is 0.600. The zero-order valence-electron chi connectivity index (χ0n) is 11.5. The van der Waals surface area contributed by atoms with Crippen molar-refractivity contribution in [1.29, 1.82) is 0 Å². The highest BCUT2D eigenvalue weighted by Gasteiger charge is 2.23. The van der Waals surface area contributed by atoms with E-state index in [0.29, 0.717) is 6.04 Å². The predicted molar refractivity (Wildman–Crippen MR) is 82.0 cm³/mol. The van der Waals surface area contributed by atoms with E-state index in [1.54, 1.807) is 0 Å². The Labute approximate surface area is 119 Å². The first-order valence-corrected chi connectivity index (χ1v) is 7.60. The van der Waals surface area contributed by atoms with Crippen molar-refractivity contribution in [2.45, 2.75) is 45.7 Å². The van der Waals surface area contributed by atoms with Gasteiger partial charge in [0.1, 0.15) is 0 Å². The van der Waals surface area contributed by atoms with Crippen LogP contribution >= 0.6 is 15.9 Å². The van der Waals surface area contributed by atoms with Crippen LogP contribution in [0.3, 0.4) is 0 Å². The van der Waals surface area contributed by atoms with E-state index in [0.717, 1.165) is 16.9 Å². The Morgan fingerprint density at radius 1 is 1.33 bits per heavy atom. The molecule has 1 fully saturated rings. The SMILES string of the molecule is CC1CCC(C)N(c2ccc([C@H](C)N)c(Br)c2)C1. The topological polar surface area (TPSA) is 29.3 Å². The van der Waals surface area contributed by atoms with E-state index in [1.165, 1.54) is 24.1 Å². The monoisotopic (exact) mass is 310 g/mol. The van der Waals surface area contributed by atoms with Crippen molar-refractivity contribution in [3.63, 3.8) is 0 Å². The van der Waals surface area contributed by atoms with Gasteiger partial charge in [-0.25, -0.2) is 0 Å². The van der Waals surface area contributed by atoms with Gasteiger partial charge in [-0.1, -0.05) is 28.9 Å². The molecule has 2 nitrogen and oxygen atoms in total. The number of piperidine rings is 1. The van der Waals surface area contributed by atoms with Crippen molar-refractivity contribution in [2.24, 2.45) is 11.7 Å². The second-order valence-electron chi connectivity index (χ2n) is 5.68. The maximum absolute atomic E-state index is 5.95. The molecule has 1 aliphatic heterocycles. The predicted octanol–water partition coefficient (Wildman–Crippen LogP) is 4.09. The van der Waals surface area contributed by atoms with Gasteiger partial charge in [-0.2, -0.15) is 0 Å². The molecular weight excluding hydrogens is 288 g/mol. The average molecular weight is 311 g/mol. The van der Waals surface area contributed by atoms with Crippen LogP contribution in [-0.4, -0.2) is 12.6 Å². The van der Waals surface area contributed by atoms with Crippen LogP contribution in [0.15, 0.2) is 22.7 Å². The third kappa shape index (κ3) is 2.89. The molecule has 1 aromatic rings. The van der Waals surface area contributed by atoms with E-state index in [9.17, 15) is 0 Å². The molecule has 2 rings (SSSR count). The molecule has 0 radical (unpaired) electrons. The lowest BCUT2D eigenvalue weighted by Crippen LogP contribution is -2.41. The molecular formula is C15H23BrN2. The van der Waals surface area contributed by atoms with Crippen LogP contribution in [-0.2, 0) is 0 Å². The number of nitrogens with zero attached hydrogens (tertiary/aromatic N) is 1. The zero-order chi connectivity index (χ0) is 13.3. The molecule has 0 spiro atoms. The molecule has 0 saturated carbocycles. The van der Waals surface area contributed by atoms with E-state index in [-0.39, 0.29) is 6.04 Å². The number of halogens is 1. The normalized spacial score (nSPS) is 26.2. The van der Waals surface area contributed by atoms with Crippen LogP contribution in [0.2, 0.25) is 0 Å². The second-order valence-corrected chi connectivity index (χ2v) is 6.53. The van der Waals surface area contributed by atoms with Crippen LogP contribution < -0.4 is 10.6 Å². The largest absolute Gasteiger partial charge is 0.369 e. The molecule has 100 valence electrons. The Bertz CT molecular complexity index is 417. The smallest absolute Gasteiger partial charge is 0.0380 e. The third-order valence-corrected chi connectivity index (χ3v) is 4.61. The van der Waals surface area contributed by atoms with Gasteiger partial charge in [0.15, 0.2) is 0 Å². The highest BCUT2D eigenvalue weighted by molar-refractivity contribution is 9.10. The number of hydrogen-bond acceptors (Lipinski definition) is 2. The first kappa shape index (κ1) is 13.9. The average Bonchev–Trinajstić information content (AvgIpc) is 2.31. The number of rotatable bonds is 2. The Balaban J connectivity index is 2.25. The minimum atomic E-state index is 0.0751. The number of nitrogens with two attached hydrogens (primary N) is 1. The van der Waals surface area contributed by atoms with Gasteiger partial charge in [0.2, 0.25) is 0 Å². The van der Waals surface area contributed by atoms with Gasteiger partial charge in [0.25, 0.3) is 0 Å². The summed E-state index contributed by atoms with van der Waals surface area (Å²) in [7, 11) is 0. The maximum Gasteiger partial charge on any atom is 0.0380 e. The van der Waals surface area contributed by atoms with Crippen molar-refractivity contribution in [3.05, 3.63) is 28.2 Å². The minimum absolute atomic E-state index is 0.0751. The van der Waals surface area contributed by atoms with E-state index < -0.39 is 0 Å². The summed E-state index contributed by atoms with van der Waals surface area (Å²) < 4.78 is 1.13. The highest BCUT2D eigenvalue weighted by atomic mass is 79.9. The van der Waals surface area contributed by atoms with E-state index in [1.807, 2.05) is 6.92 Å². The molecule has 1 heterocycles. The van der Waals surface area contributed by atoms with Gasteiger partial charge in [-0.3, -0.25) is 0 Å². The summed E-state index contributed by atoms with van der Waals surface area (Å²) in [5.74, 6) is 0.785. The molecule has 0 amide bonds. The van der Waals surface area contributed by atoms with Gasteiger partial charge in [-0.05, 0) is 50.3 Å². The summed E-state index contributed by atoms with van der Waals surface area (Å²) in [6.07, 6.45) is 2.63. The van der Waals surface area contributed by atoms with Crippen molar-refractivity contribution in [3.8, 4) is 0 Å². The lowest BCUT2D eigenvalue weighted by molar-refractivity contribution is 0.390. The fourth-order valence-corrected chi connectivity index (χ4v) is 3.44.